The molecule has 1 heterocycles. The van der Waals surface area contributed by atoms with Crippen molar-refractivity contribution in [2.75, 3.05) is 13.7 Å². The second kappa shape index (κ2) is 12.7. The number of ether oxygens (including phenoxy) is 2. The van der Waals surface area contributed by atoms with Crippen LogP contribution >= 0.6 is 0 Å². The van der Waals surface area contributed by atoms with Crippen LogP contribution < -0.4 is 10.6 Å². The van der Waals surface area contributed by atoms with E-state index < -0.39 is 47.5 Å². The number of hydrogen-bond donors (Lipinski definition) is 2. The SMILES string of the molecule is C=CCCCC(NC(=O)[C@@H]1[C@@H]2[C@H](CN1C(=O)[C@@H](NC(=O)OC(C)(C)C)C1CCCCC1)C2(C)C)C(=O)C(=O)OC. The van der Waals surface area contributed by atoms with Gasteiger partial charge in [0.25, 0.3) is 5.78 Å². The summed E-state index contributed by atoms with van der Waals surface area (Å²) in [6.45, 7) is 13.5. The first kappa shape index (κ1) is 31.6. The van der Waals surface area contributed by atoms with Crippen LogP contribution in [0, 0.1) is 23.2 Å². The summed E-state index contributed by atoms with van der Waals surface area (Å²) in [5, 5.41) is 5.61. The number of amides is 3. The fourth-order valence-electron chi connectivity index (χ4n) is 6.51. The maximum atomic E-state index is 14.1. The summed E-state index contributed by atoms with van der Waals surface area (Å²) in [6, 6.07) is -2.69. The van der Waals surface area contributed by atoms with Crippen LogP contribution in [0.5, 0.6) is 0 Å². The van der Waals surface area contributed by atoms with Crippen molar-refractivity contribution in [2.45, 2.75) is 110 Å². The summed E-state index contributed by atoms with van der Waals surface area (Å²) in [5.74, 6) is -2.64. The van der Waals surface area contributed by atoms with Gasteiger partial charge in [0.2, 0.25) is 11.8 Å². The lowest BCUT2D eigenvalue weighted by Gasteiger charge is -2.37. The Balaban J connectivity index is 1.85. The normalized spacial score (nSPS) is 25.1. The first-order valence-corrected chi connectivity index (χ1v) is 14.6. The molecule has 0 bridgehead atoms. The molecule has 0 spiro atoms. The van der Waals surface area contributed by atoms with Crippen LogP contribution in [0.25, 0.3) is 0 Å². The lowest BCUT2D eigenvalue weighted by molar-refractivity contribution is -0.153. The number of piperidine rings is 1. The van der Waals surface area contributed by atoms with E-state index in [0.717, 1.165) is 39.2 Å². The zero-order chi connectivity index (χ0) is 29.8. The molecule has 1 saturated heterocycles. The maximum Gasteiger partial charge on any atom is 0.408 e. The minimum atomic E-state index is -1.06. The van der Waals surface area contributed by atoms with Crippen LogP contribution in [-0.2, 0) is 28.7 Å². The highest BCUT2D eigenvalue weighted by atomic mass is 16.6. The van der Waals surface area contributed by atoms with E-state index in [0.29, 0.717) is 19.4 Å². The number of rotatable bonds is 11. The first-order chi connectivity index (χ1) is 18.7. The molecule has 0 aromatic heterocycles. The third-order valence-electron chi connectivity index (χ3n) is 8.74. The Hall–Kier alpha value is -2.91. The summed E-state index contributed by atoms with van der Waals surface area (Å²) >= 11 is 0. The number of nitrogens with one attached hydrogen (secondary N) is 2. The molecule has 2 aliphatic carbocycles. The predicted molar refractivity (Wildman–Crippen MR) is 149 cm³/mol. The van der Waals surface area contributed by atoms with Crippen molar-refractivity contribution in [1.29, 1.82) is 0 Å². The summed E-state index contributed by atoms with van der Waals surface area (Å²) < 4.78 is 10.1. The number of esters is 1. The summed E-state index contributed by atoms with van der Waals surface area (Å²) in [6.07, 6.45) is 7.07. The second-order valence-corrected chi connectivity index (χ2v) is 13.0. The molecule has 3 aliphatic rings. The largest absolute Gasteiger partial charge is 0.463 e. The number of unbranched alkanes of at least 4 members (excludes halogenated alkanes) is 1. The van der Waals surface area contributed by atoms with Crippen molar-refractivity contribution in [2.24, 2.45) is 23.2 Å². The molecule has 10 heteroatoms. The molecular weight excluding hydrogens is 514 g/mol. The standard InChI is InChI=1S/C30H47N3O7/c1-8-9-11-16-20(24(34)27(37)39-7)31-25(35)23-21-19(30(21,5)6)17-33(23)26(36)22(18-14-12-10-13-15-18)32-28(38)40-29(2,3)4/h8,18-23H,1,9-17H2,2-7H3,(H,31,35)(H,32,38)/t19-,20?,21-,22-,23-/m0/s1. The Bertz CT molecular complexity index is 996. The quantitative estimate of drug-likeness (QED) is 0.171. The van der Waals surface area contributed by atoms with E-state index in [4.69, 9.17) is 4.74 Å². The smallest absolute Gasteiger partial charge is 0.408 e. The van der Waals surface area contributed by atoms with Crippen molar-refractivity contribution in [1.82, 2.24) is 15.5 Å². The highest BCUT2D eigenvalue weighted by Gasteiger charge is 2.69. The Morgan fingerprint density at radius 3 is 2.30 bits per heavy atom. The van der Waals surface area contributed by atoms with E-state index in [1.165, 1.54) is 0 Å². The van der Waals surface area contributed by atoms with Gasteiger partial charge in [-0.3, -0.25) is 14.4 Å². The Morgan fingerprint density at radius 2 is 1.73 bits per heavy atom. The van der Waals surface area contributed by atoms with Gasteiger partial charge >= 0.3 is 12.1 Å². The highest BCUT2D eigenvalue weighted by molar-refractivity contribution is 6.36. The number of carbonyl (C=O) groups excluding carboxylic acids is 5. The van der Waals surface area contributed by atoms with Gasteiger partial charge < -0.3 is 25.0 Å². The van der Waals surface area contributed by atoms with Gasteiger partial charge in [-0.1, -0.05) is 39.2 Å². The number of fused-ring (bicyclic) bond motifs is 1. The summed E-state index contributed by atoms with van der Waals surface area (Å²) in [7, 11) is 1.13. The van der Waals surface area contributed by atoms with E-state index in [1.54, 1.807) is 31.7 Å². The molecule has 224 valence electrons. The van der Waals surface area contributed by atoms with Crippen molar-refractivity contribution < 1.29 is 33.4 Å². The van der Waals surface area contributed by atoms with Crippen molar-refractivity contribution in [3.05, 3.63) is 12.7 Å². The van der Waals surface area contributed by atoms with Crippen LogP contribution in [0.2, 0.25) is 0 Å². The monoisotopic (exact) mass is 561 g/mol. The number of allylic oxidation sites excluding steroid dienone is 1. The first-order valence-electron chi connectivity index (χ1n) is 14.6. The van der Waals surface area contributed by atoms with Crippen LogP contribution in [-0.4, -0.2) is 71.9 Å². The number of Topliss-reactive ketones (excluding diaryl/α,β-unsaturated/α-hetero) is 1. The van der Waals surface area contributed by atoms with E-state index in [1.807, 2.05) is 0 Å². The topological polar surface area (TPSA) is 131 Å². The summed E-state index contributed by atoms with van der Waals surface area (Å²) in [5.41, 5.74) is -0.874. The molecule has 2 saturated carbocycles. The molecular formula is C30H47N3O7. The van der Waals surface area contributed by atoms with Gasteiger partial charge in [0.1, 0.15) is 17.7 Å². The molecule has 0 radical (unpaired) electrons. The molecule has 1 unspecified atom stereocenters. The highest BCUT2D eigenvalue weighted by Crippen LogP contribution is 2.65. The van der Waals surface area contributed by atoms with Gasteiger partial charge in [0, 0.05) is 6.54 Å². The van der Waals surface area contributed by atoms with Gasteiger partial charge in [-0.05, 0) is 76.0 Å². The third kappa shape index (κ3) is 7.23. The molecule has 5 atom stereocenters. The van der Waals surface area contributed by atoms with Gasteiger partial charge in [-0.25, -0.2) is 9.59 Å². The fraction of sp³-hybridized carbons (Fsp3) is 0.767. The van der Waals surface area contributed by atoms with Crippen molar-refractivity contribution >= 4 is 29.7 Å². The molecule has 0 aromatic carbocycles. The van der Waals surface area contributed by atoms with Crippen LogP contribution in [0.15, 0.2) is 12.7 Å². The number of nitrogens with zero attached hydrogens (tertiary/aromatic N) is 1. The molecule has 10 nitrogen and oxygen atoms in total. The predicted octanol–water partition coefficient (Wildman–Crippen LogP) is 3.53. The fourth-order valence-corrected chi connectivity index (χ4v) is 6.51. The average molecular weight is 562 g/mol. The Kier molecular flexibility index (Phi) is 10.1. The van der Waals surface area contributed by atoms with Gasteiger partial charge in [-0.2, -0.15) is 0 Å². The van der Waals surface area contributed by atoms with E-state index >= 15 is 0 Å². The lowest BCUT2D eigenvalue weighted by atomic mass is 9.83. The maximum absolute atomic E-state index is 14.1. The molecule has 2 N–H and O–H groups in total. The summed E-state index contributed by atoms with van der Waals surface area (Å²) in [4.78, 5) is 67.1. The number of alkyl carbamates (subject to hydrolysis) is 1. The molecule has 3 amide bonds. The number of methoxy groups -OCH3 is 1. The van der Waals surface area contributed by atoms with E-state index in [-0.39, 0.29) is 35.5 Å². The van der Waals surface area contributed by atoms with Gasteiger partial charge in [0.05, 0.1) is 13.2 Å². The number of hydrogen-bond acceptors (Lipinski definition) is 7. The molecule has 3 fully saturated rings. The Morgan fingerprint density at radius 1 is 1.07 bits per heavy atom. The van der Waals surface area contributed by atoms with Gasteiger partial charge in [0.15, 0.2) is 0 Å². The van der Waals surface area contributed by atoms with Crippen molar-refractivity contribution in [3.8, 4) is 0 Å². The minimum Gasteiger partial charge on any atom is -0.463 e. The number of ketones is 1. The number of likely N-dealkylation sites (tertiary alicyclic amines) is 1. The average Bonchev–Trinajstić information content (AvgIpc) is 3.22. The van der Waals surface area contributed by atoms with Gasteiger partial charge in [-0.15, -0.1) is 6.58 Å². The lowest BCUT2D eigenvalue weighted by Crippen LogP contribution is -2.59. The van der Waals surface area contributed by atoms with Crippen molar-refractivity contribution in [3.63, 3.8) is 0 Å². The van der Waals surface area contributed by atoms with Crippen LogP contribution in [0.3, 0.4) is 0 Å². The molecule has 0 aromatic rings. The zero-order valence-corrected chi connectivity index (χ0v) is 24.9. The third-order valence-corrected chi connectivity index (χ3v) is 8.74. The minimum absolute atomic E-state index is 0.0602. The molecule has 1 aliphatic heterocycles. The van der Waals surface area contributed by atoms with Crippen LogP contribution in [0.4, 0.5) is 4.79 Å². The molecule has 3 rings (SSSR count). The zero-order valence-electron chi connectivity index (χ0n) is 24.9. The molecule has 40 heavy (non-hydrogen) atoms. The van der Waals surface area contributed by atoms with Crippen LogP contribution in [0.1, 0.15) is 86.0 Å². The second-order valence-electron chi connectivity index (χ2n) is 13.0. The van der Waals surface area contributed by atoms with E-state index in [2.05, 4.69) is 35.8 Å². The Labute approximate surface area is 238 Å². The van der Waals surface area contributed by atoms with E-state index in [9.17, 15) is 24.0 Å². The number of carbonyl (C=O) groups is 5.